The molecule has 0 aromatic heterocycles. The minimum absolute atomic E-state index is 0.144. The van der Waals surface area contributed by atoms with E-state index < -0.39 is 0 Å². The van der Waals surface area contributed by atoms with Crippen LogP contribution in [0.1, 0.15) is 37.8 Å². The Balaban J connectivity index is 0.906. The SMILES string of the molecule is Cc1cc(-c2ccccc2OC(C)CCC(C)Oc2ccccc2-c2cc(C)cc(-c3c4ccccc4cc4ccccc34)c2O)c(O)c(-c2c3ccccc3cc3ccccc23)c1. The highest BCUT2D eigenvalue weighted by molar-refractivity contribution is 6.15. The fourth-order valence-corrected chi connectivity index (χ4v) is 9.56. The lowest BCUT2D eigenvalue weighted by molar-refractivity contribution is 0.161. The van der Waals surface area contributed by atoms with Crippen molar-refractivity contribution < 1.29 is 19.7 Å². The van der Waals surface area contributed by atoms with Crippen LogP contribution in [0.4, 0.5) is 0 Å². The van der Waals surface area contributed by atoms with Crippen LogP contribution in [0.2, 0.25) is 0 Å². The summed E-state index contributed by atoms with van der Waals surface area (Å²) in [6.45, 7) is 8.34. The van der Waals surface area contributed by atoms with Crippen molar-refractivity contribution in [1.82, 2.24) is 0 Å². The Labute approximate surface area is 374 Å². The Hall–Kier alpha value is -7.56. The Morgan fingerprint density at radius 2 is 0.656 bits per heavy atom. The van der Waals surface area contributed by atoms with Crippen LogP contribution in [-0.2, 0) is 0 Å². The van der Waals surface area contributed by atoms with Crippen molar-refractivity contribution in [3.63, 3.8) is 0 Å². The molecule has 4 nitrogen and oxygen atoms in total. The molecule has 0 spiro atoms. The van der Waals surface area contributed by atoms with Crippen LogP contribution in [-0.4, -0.2) is 22.4 Å². The van der Waals surface area contributed by atoms with Crippen molar-refractivity contribution in [1.29, 1.82) is 0 Å². The molecule has 0 aliphatic rings. The van der Waals surface area contributed by atoms with Gasteiger partial charge in [-0.15, -0.1) is 0 Å². The molecule has 2 unspecified atom stereocenters. The standard InChI is InChI=1S/C60H50O4/c1-37-31-51(59(61)53(33-37)57-45-21-9-5-17-41(45)35-42-18-6-10-22-46(42)57)49-25-13-15-27-55(49)63-39(3)29-30-40(4)64-56-28-16-14-26-50(56)52-32-38(2)34-54(60(52)62)58-47-23-11-7-19-43(47)36-44-20-8-12-24-48(44)58/h5-28,31-36,39-40,61-62H,29-30H2,1-4H3. The number of hydrogen-bond acceptors (Lipinski definition) is 4. The summed E-state index contributed by atoms with van der Waals surface area (Å²) in [7, 11) is 0. The van der Waals surface area contributed by atoms with E-state index in [9.17, 15) is 10.2 Å². The van der Waals surface area contributed by atoms with Crippen molar-refractivity contribution in [2.24, 2.45) is 0 Å². The predicted octanol–water partition coefficient (Wildman–Crippen LogP) is 16.0. The average molecular weight is 835 g/mol. The van der Waals surface area contributed by atoms with Crippen LogP contribution in [0, 0.1) is 13.8 Å². The van der Waals surface area contributed by atoms with Gasteiger partial charge in [0, 0.05) is 44.5 Å². The normalized spacial score (nSPS) is 12.5. The smallest absolute Gasteiger partial charge is 0.131 e. The number of rotatable bonds is 11. The largest absolute Gasteiger partial charge is 0.507 e. The Morgan fingerprint density at radius 1 is 0.359 bits per heavy atom. The summed E-state index contributed by atoms with van der Waals surface area (Å²) in [5.74, 6) is 1.89. The molecule has 0 aliphatic carbocycles. The number of phenolic OH excluding ortho intramolecular Hbond substituents is 2. The number of benzene rings is 10. The summed E-state index contributed by atoms with van der Waals surface area (Å²) in [6.07, 6.45) is 1.18. The van der Waals surface area contributed by atoms with E-state index in [1.807, 2.05) is 60.7 Å². The molecule has 2 atom stereocenters. The van der Waals surface area contributed by atoms with Gasteiger partial charge in [0.1, 0.15) is 23.0 Å². The predicted molar refractivity (Wildman–Crippen MR) is 267 cm³/mol. The topological polar surface area (TPSA) is 58.9 Å². The Morgan fingerprint density at radius 3 is 1.02 bits per heavy atom. The van der Waals surface area contributed by atoms with Crippen LogP contribution < -0.4 is 9.47 Å². The Kier molecular flexibility index (Phi) is 10.7. The maximum atomic E-state index is 12.2. The molecule has 2 N–H and O–H groups in total. The van der Waals surface area contributed by atoms with E-state index >= 15 is 0 Å². The number of aromatic hydroxyl groups is 2. The molecule has 0 saturated carbocycles. The molecule has 0 amide bonds. The highest BCUT2D eigenvalue weighted by Crippen LogP contribution is 2.48. The zero-order valence-electron chi connectivity index (χ0n) is 36.6. The third kappa shape index (κ3) is 7.56. The van der Waals surface area contributed by atoms with Gasteiger partial charge < -0.3 is 19.7 Å². The lowest BCUT2D eigenvalue weighted by Crippen LogP contribution is -2.18. The van der Waals surface area contributed by atoms with Gasteiger partial charge in [-0.3, -0.25) is 0 Å². The zero-order valence-corrected chi connectivity index (χ0v) is 36.6. The minimum atomic E-state index is -0.144. The summed E-state index contributed by atoms with van der Waals surface area (Å²) in [6, 6.07) is 62.2. The molecule has 0 radical (unpaired) electrons. The maximum Gasteiger partial charge on any atom is 0.131 e. The van der Waals surface area contributed by atoms with Gasteiger partial charge in [-0.25, -0.2) is 0 Å². The minimum Gasteiger partial charge on any atom is -0.507 e. The van der Waals surface area contributed by atoms with Crippen LogP contribution in [0.25, 0.3) is 87.6 Å². The van der Waals surface area contributed by atoms with Crippen LogP contribution in [0.5, 0.6) is 23.0 Å². The number of fused-ring (bicyclic) bond motifs is 4. The first-order valence-electron chi connectivity index (χ1n) is 22.2. The van der Waals surface area contributed by atoms with Crippen LogP contribution >= 0.6 is 0 Å². The molecule has 10 rings (SSSR count). The van der Waals surface area contributed by atoms with Gasteiger partial charge in [0.05, 0.1) is 12.2 Å². The molecular formula is C60H50O4. The molecule has 0 fully saturated rings. The van der Waals surface area contributed by atoms with Crippen molar-refractivity contribution in [2.75, 3.05) is 0 Å². The van der Waals surface area contributed by atoms with Gasteiger partial charge in [-0.05, 0) is 143 Å². The lowest BCUT2D eigenvalue weighted by Gasteiger charge is -2.22. The second-order valence-electron chi connectivity index (χ2n) is 17.2. The Bertz CT molecular complexity index is 3050. The van der Waals surface area contributed by atoms with Crippen LogP contribution in [0.3, 0.4) is 0 Å². The molecule has 10 aromatic rings. The van der Waals surface area contributed by atoms with Gasteiger partial charge in [0.2, 0.25) is 0 Å². The van der Waals surface area contributed by atoms with E-state index in [1.54, 1.807) is 0 Å². The van der Waals surface area contributed by atoms with Crippen molar-refractivity contribution in [2.45, 2.75) is 52.7 Å². The summed E-state index contributed by atoms with van der Waals surface area (Å²) >= 11 is 0. The molecular weight excluding hydrogens is 785 g/mol. The second kappa shape index (κ2) is 17.0. The highest BCUT2D eigenvalue weighted by atomic mass is 16.5. The van der Waals surface area contributed by atoms with E-state index in [0.29, 0.717) is 11.5 Å². The zero-order chi connectivity index (χ0) is 43.9. The quantitative estimate of drug-likeness (QED) is 0.127. The second-order valence-corrected chi connectivity index (χ2v) is 17.2. The molecule has 0 aliphatic heterocycles. The monoisotopic (exact) mass is 834 g/mol. The van der Waals surface area contributed by atoms with Gasteiger partial charge in [-0.1, -0.05) is 133 Å². The van der Waals surface area contributed by atoms with Gasteiger partial charge in [0.25, 0.3) is 0 Å². The molecule has 0 saturated heterocycles. The third-order valence-electron chi connectivity index (χ3n) is 12.6. The average Bonchev–Trinajstić information content (AvgIpc) is 3.31. The summed E-state index contributed by atoms with van der Waals surface area (Å²) in [4.78, 5) is 0. The first kappa shape index (κ1) is 40.5. The fraction of sp³-hybridized carbons (Fsp3) is 0.133. The molecule has 0 heterocycles. The van der Waals surface area contributed by atoms with Crippen molar-refractivity contribution in [3.05, 3.63) is 193 Å². The van der Waals surface area contributed by atoms with Crippen LogP contribution in [0.15, 0.2) is 182 Å². The van der Waals surface area contributed by atoms with E-state index in [-0.39, 0.29) is 23.7 Å². The maximum absolute atomic E-state index is 12.2. The molecule has 0 bridgehead atoms. The molecule has 64 heavy (non-hydrogen) atoms. The number of aryl methyl sites for hydroxylation is 2. The highest BCUT2D eigenvalue weighted by Gasteiger charge is 2.23. The number of ether oxygens (including phenoxy) is 2. The lowest BCUT2D eigenvalue weighted by atomic mass is 9.88. The summed E-state index contributed by atoms with van der Waals surface area (Å²) < 4.78 is 13.4. The van der Waals surface area contributed by atoms with Gasteiger partial charge in [-0.2, -0.15) is 0 Å². The molecule has 10 aromatic carbocycles. The molecule has 4 heteroatoms. The number of hydrogen-bond donors (Lipinski definition) is 2. The first-order chi connectivity index (χ1) is 31.2. The van der Waals surface area contributed by atoms with Crippen molar-refractivity contribution >= 4 is 43.1 Å². The number of phenols is 2. The van der Waals surface area contributed by atoms with Crippen molar-refractivity contribution in [3.8, 4) is 67.5 Å². The van der Waals surface area contributed by atoms with Gasteiger partial charge >= 0.3 is 0 Å². The van der Waals surface area contributed by atoms with E-state index in [4.69, 9.17) is 9.47 Å². The molecule has 314 valence electrons. The van der Waals surface area contributed by atoms with E-state index in [0.717, 1.165) is 112 Å². The summed E-state index contributed by atoms with van der Waals surface area (Å²) in [5.41, 5.74) is 8.89. The number of para-hydroxylation sites is 2. The van der Waals surface area contributed by atoms with E-state index in [2.05, 4.69) is 149 Å². The first-order valence-corrected chi connectivity index (χ1v) is 22.2. The third-order valence-corrected chi connectivity index (χ3v) is 12.6. The fourth-order valence-electron chi connectivity index (χ4n) is 9.56. The summed E-state index contributed by atoms with van der Waals surface area (Å²) in [5, 5.41) is 33.4. The van der Waals surface area contributed by atoms with Gasteiger partial charge in [0.15, 0.2) is 0 Å². The van der Waals surface area contributed by atoms with E-state index in [1.165, 1.54) is 0 Å².